The molecular formula is C12H22N2O2. The molecule has 1 amide bonds. The first kappa shape index (κ1) is 11.9. The maximum Gasteiger partial charge on any atom is 0.237 e. The molecule has 2 saturated heterocycles. The molecule has 2 aliphatic heterocycles. The monoisotopic (exact) mass is 226 g/mol. The normalized spacial score (nSPS) is 27.6. The van der Waals surface area contributed by atoms with E-state index in [9.17, 15) is 4.79 Å². The quantitative estimate of drug-likeness (QED) is 0.743. The van der Waals surface area contributed by atoms with Gasteiger partial charge in [-0.1, -0.05) is 6.42 Å². The molecule has 2 aliphatic rings. The summed E-state index contributed by atoms with van der Waals surface area (Å²) >= 11 is 0. The number of carbonyl (C=O) groups excluding carboxylic acids is 1. The predicted octanol–water partition coefficient (Wildman–Crippen LogP) is 0.671. The molecular weight excluding hydrogens is 204 g/mol. The second kappa shape index (κ2) is 6.21. The summed E-state index contributed by atoms with van der Waals surface area (Å²) in [6.07, 6.45) is 5.52. The zero-order valence-electron chi connectivity index (χ0n) is 9.84. The van der Waals surface area contributed by atoms with Gasteiger partial charge in [0.1, 0.15) is 0 Å². The van der Waals surface area contributed by atoms with Crippen molar-refractivity contribution in [3.63, 3.8) is 0 Å². The van der Waals surface area contributed by atoms with Gasteiger partial charge in [-0.3, -0.25) is 4.79 Å². The van der Waals surface area contributed by atoms with Crippen molar-refractivity contribution >= 4 is 5.91 Å². The molecule has 1 atom stereocenters. The third-order valence-electron chi connectivity index (χ3n) is 3.53. The third-order valence-corrected chi connectivity index (χ3v) is 3.53. The highest BCUT2D eigenvalue weighted by Gasteiger charge is 2.21. The molecule has 0 saturated carbocycles. The predicted molar refractivity (Wildman–Crippen MR) is 62.2 cm³/mol. The van der Waals surface area contributed by atoms with Crippen LogP contribution in [0.5, 0.6) is 0 Å². The Kier molecular flexibility index (Phi) is 4.60. The van der Waals surface area contributed by atoms with Gasteiger partial charge < -0.3 is 15.4 Å². The van der Waals surface area contributed by atoms with E-state index in [0.717, 1.165) is 45.6 Å². The molecule has 4 nitrogen and oxygen atoms in total. The average Bonchev–Trinajstić information content (AvgIpc) is 2.38. The second-order valence-electron chi connectivity index (χ2n) is 4.80. The Labute approximate surface area is 97.1 Å². The van der Waals surface area contributed by atoms with Gasteiger partial charge in [-0.25, -0.2) is 0 Å². The number of nitrogens with one attached hydrogen (secondary N) is 2. The van der Waals surface area contributed by atoms with Crippen LogP contribution in [0.4, 0.5) is 0 Å². The van der Waals surface area contributed by atoms with Gasteiger partial charge >= 0.3 is 0 Å². The van der Waals surface area contributed by atoms with E-state index in [1.807, 2.05) is 0 Å². The summed E-state index contributed by atoms with van der Waals surface area (Å²) < 4.78 is 5.30. The van der Waals surface area contributed by atoms with Crippen molar-refractivity contribution in [1.82, 2.24) is 10.6 Å². The number of rotatable bonds is 3. The summed E-state index contributed by atoms with van der Waals surface area (Å²) in [5.41, 5.74) is 0. The molecule has 0 aromatic carbocycles. The fourth-order valence-corrected chi connectivity index (χ4v) is 2.39. The molecule has 2 fully saturated rings. The first-order valence-corrected chi connectivity index (χ1v) is 6.45. The number of amides is 1. The van der Waals surface area contributed by atoms with E-state index < -0.39 is 0 Å². The minimum Gasteiger partial charge on any atom is -0.381 e. The Bertz CT molecular complexity index is 221. The first-order chi connectivity index (χ1) is 7.86. The Balaban J connectivity index is 1.65. The molecule has 2 heterocycles. The molecule has 0 bridgehead atoms. The van der Waals surface area contributed by atoms with Gasteiger partial charge in [0, 0.05) is 19.8 Å². The molecule has 0 aromatic rings. The zero-order chi connectivity index (χ0) is 11.2. The lowest BCUT2D eigenvalue weighted by Gasteiger charge is -2.25. The van der Waals surface area contributed by atoms with Crippen molar-refractivity contribution in [3.8, 4) is 0 Å². The van der Waals surface area contributed by atoms with Crippen LogP contribution in [0.15, 0.2) is 0 Å². The van der Waals surface area contributed by atoms with Crippen molar-refractivity contribution < 1.29 is 9.53 Å². The van der Waals surface area contributed by atoms with Crippen LogP contribution in [-0.2, 0) is 9.53 Å². The van der Waals surface area contributed by atoms with E-state index in [1.54, 1.807) is 0 Å². The topological polar surface area (TPSA) is 50.4 Å². The van der Waals surface area contributed by atoms with Crippen LogP contribution in [0.1, 0.15) is 32.1 Å². The third kappa shape index (κ3) is 3.46. The van der Waals surface area contributed by atoms with Crippen molar-refractivity contribution in [2.24, 2.45) is 5.92 Å². The molecule has 0 spiro atoms. The molecule has 16 heavy (non-hydrogen) atoms. The number of hydrogen-bond donors (Lipinski definition) is 2. The Morgan fingerprint density at radius 2 is 2.06 bits per heavy atom. The summed E-state index contributed by atoms with van der Waals surface area (Å²) in [6.45, 7) is 3.50. The van der Waals surface area contributed by atoms with Crippen LogP contribution in [0.3, 0.4) is 0 Å². The molecule has 92 valence electrons. The van der Waals surface area contributed by atoms with Gasteiger partial charge in [-0.2, -0.15) is 0 Å². The Morgan fingerprint density at radius 3 is 2.75 bits per heavy atom. The van der Waals surface area contributed by atoms with Gasteiger partial charge in [-0.05, 0) is 38.1 Å². The lowest BCUT2D eigenvalue weighted by molar-refractivity contribution is -0.124. The lowest BCUT2D eigenvalue weighted by atomic mass is 9.99. The lowest BCUT2D eigenvalue weighted by Crippen LogP contribution is -2.47. The smallest absolute Gasteiger partial charge is 0.237 e. The zero-order valence-corrected chi connectivity index (χ0v) is 9.84. The van der Waals surface area contributed by atoms with E-state index in [4.69, 9.17) is 4.74 Å². The standard InChI is InChI=1S/C12H22N2O2/c15-12(11-3-1-2-6-13-11)14-9-10-4-7-16-8-5-10/h10-11,13H,1-9H2,(H,14,15)/t11-/m1/s1. The Hall–Kier alpha value is -0.610. The van der Waals surface area contributed by atoms with Crippen LogP contribution >= 0.6 is 0 Å². The molecule has 0 aromatic heterocycles. The van der Waals surface area contributed by atoms with Crippen molar-refractivity contribution in [3.05, 3.63) is 0 Å². The first-order valence-electron chi connectivity index (χ1n) is 6.45. The van der Waals surface area contributed by atoms with Crippen LogP contribution in [0.2, 0.25) is 0 Å². The van der Waals surface area contributed by atoms with Crippen LogP contribution in [0.25, 0.3) is 0 Å². The van der Waals surface area contributed by atoms with Gasteiger partial charge in [-0.15, -0.1) is 0 Å². The molecule has 2 N–H and O–H groups in total. The fraction of sp³-hybridized carbons (Fsp3) is 0.917. The van der Waals surface area contributed by atoms with Crippen molar-refractivity contribution in [1.29, 1.82) is 0 Å². The van der Waals surface area contributed by atoms with Crippen molar-refractivity contribution in [2.45, 2.75) is 38.1 Å². The maximum atomic E-state index is 11.8. The summed E-state index contributed by atoms with van der Waals surface area (Å²) in [7, 11) is 0. The van der Waals surface area contributed by atoms with E-state index in [0.29, 0.717) is 5.92 Å². The SMILES string of the molecule is O=C(NCC1CCOCC1)[C@H]1CCCCN1. The van der Waals surface area contributed by atoms with Crippen molar-refractivity contribution in [2.75, 3.05) is 26.3 Å². The fourth-order valence-electron chi connectivity index (χ4n) is 2.39. The van der Waals surface area contributed by atoms with Gasteiger partial charge in [0.25, 0.3) is 0 Å². The minimum atomic E-state index is 0.0496. The number of hydrogen-bond acceptors (Lipinski definition) is 3. The number of ether oxygens (including phenoxy) is 1. The number of piperidine rings is 1. The second-order valence-corrected chi connectivity index (χ2v) is 4.80. The highest BCUT2D eigenvalue weighted by Crippen LogP contribution is 2.13. The van der Waals surface area contributed by atoms with E-state index in [-0.39, 0.29) is 11.9 Å². The average molecular weight is 226 g/mol. The highest BCUT2D eigenvalue weighted by molar-refractivity contribution is 5.81. The van der Waals surface area contributed by atoms with Crippen LogP contribution in [-0.4, -0.2) is 38.3 Å². The summed E-state index contributed by atoms with van der Waals surface area (Å²) in [5.74, 6) is 0.799. The van der Waals surface area contributed by atoms with Crippen LogP contribution in [0, 0.1) is 5.92 Å². The number of carbonyl (C=O) groups is 1. The highest BCUT2D eigenvalue weighted by atomic mass is 16.5. The molecule has 4 heteroatoms. The minimum absolute atomic E-state index is 0.0496. The summed E-state index contributed by atoms with van der Waals surface area (Å²) in [6, 6.07) is 0.0496. The molecule has 0 aliphatic carbocycles. The Morgan fingerprint density at radius 1 is 1.25 bits per heavy atom. The van der Waals surface area contributed by atoms with Gasteiger partial charge in [0.05, 0.1) is 6.04 Å². The maximum absolute atomic E-state index is 11.8. The van der Waals surface area contributed by atoms with E-state index in [1.165, 1.54) is 12.8 Å². The van der Waals surface area contributed by atoms with Gasteiger partial charge in [0.2, 0.25) is 5.91 Å². The molecule has 0 radical (unpaired) electrons. The molecule has 2 rings (SSSR count). The molecule has 0 unspecified atom stereocenters. The van der Waals surface area contributed by atoms with E-state index in [2.05, 4.69) is 10.6 Å². The summed E-state index contributed by atoms with van der Waals surface area (Å²) in [5, 5.41) is 6.33. The largest absolute Gasteiger partial charge is 0.381 e. The van der Waals surface area contributed by atoms with E-state index >= 15 is 0 Å². The summed E-state index contributed by atoms with van der Waals surface area (Å²) in [4.78, 5) is 11.8. The van der Waals surface area contributed by atoms with Crippen LogP contribution < -0.4 is 10.6 Å². The van der Waals surface area contributed by atoms with Gasteiger partial charge in [0.15, 0.2) is 0 Å².